The highest BCUT2D eigenvalue weighted by Crippen LogP contribution is 2.35. The zero-order chi connectivity index (χ0) is 22.0. The third-order valence-corrected chi connectivity index (χ3v) is 5.37. The van der Waals surface area contributed by atoms with Crippen molar-refractivity contribution < 1.29 is 18.0 Å². The minimum absolute atomic E-state index is 0.0771. The largest absolute Gasteiger partial charge is 0.435 e. The molecule has 7 nitrogen and oxygen atoms in total. The molecule has 1 aromatic carbocycles. The van der Waals surface area contributed by atoms with Gasteiger partial charge in [-0.2, -0.15) is 18.3 Å². The van der Waals surface area contributed by atoms with Crippen molar-refractivity contribution in [2.24, 2.45) is 0 Å². The first-order chi connectivity index (χ1) is 14.8. The number of aromatic nitrogens is 5. The molecule has 0 saturated heterocycles. The van der Waals surface area contributed by atoms with Crippen molar-refractivity contribution in [3.05, 3.63) is 58.1 Å². The lowest BCUT2D eigenvalue weighted by atomic mass is 10.1. The molecule has 2 heterocycles. The Labute approximate surface area is 181 Å². The van der Waals surface area contributed by atoms with E-state index in [4.69, 9.17) is 11.6 Å². The van der Waals surface area contributed by atoms with Crippen molar-refractivity contribution in [3.63, 3.8) is 0 Å². The second-order valence-electron chi connectivity index (χ2n) is 7.43. The van der Waals surface area contributed by atoms with Gasteiger partial charge in [0.1, 0.15) is 12.9 Å². The Morgan fingerprint density at radius 1 is 1.10 bits per heavy atom. The van der Waals surface area contributed by atoms with E-state index in [9.17, 15) is 18.0 Å². The number of carbonyl (C=O) groups excluding carboxylic acids is 1. The van der Waals surface area contributed by atoms with E-state index in [0.717, 1.165) is 18.4 Å². The van der Waals surface area contributed by atoms with E-state index >= 15 is 0 Å². The molecule has 0 fully saturated rings. The topological polar surface area (TPSA) is 77.6 Å². The highest BCUT2D eigenvalue weighted by Gasteiger charge is 2.39. The van der Waals surface area contributed by atoms with Gasteiger partial charge in [0.2, 0.25) is 11.9 Å². The number of alkyl halides is 3. The summed E-state index contributed by atoms with van der Waals surface area (Å²) in [6.07, 6.45) is 0.0244. The average Bonchev–Trinajstić information content (AvgIpc) is 3.19. The standard InChI is InChI=1S/C20H20ClF3N6O/c21-14-8-6-13(7-9-14)10-29-12-25-19(28-29)26-17(31)11-30-16-5-3-1-2-4-15(16)18(27-30)20(22,23)24/h6-9,12H,1-5,10-11H2,(H,26,28,31). The van der Waals surface area contributed by atoms with Crippen molar-refractivity contribution in [2.75, 3.05) is 5.32 Å². The molecule has 1 amide bonds. The Morgan fingerprint density at radius 3 is 2.58 bits per heavy atom. The molecule has 31 heavy (non-hydrogen) atoms. The normalized spacial score (nSPS) is 14.2. The summed E-state index contributed by atoms with van der Waals surface area (Å²) in [5.74, 6) is -0.458. The Bertz CT molecular complexity index is 1070. The molecule has 0 aliphatic heterocycles. The van der Waals surface area contributed by atoms with Crippen LogP contribution in [0, 0.1) is 0 Å². The summed E-state index contributed by atoms with van der Waals surface area (Å²) in [6, 6.07) is 7.23. The highest BCUT2D eigenvalue weighted by atomic mass is 35.5. The third kappa shape index (κ3) is 5.07. The molecule has 11 heteroatoms. The molecule has 4 rings (SSSR count). The molecule has 1 aliphatic carbocycles. The molecular weight excluding hydrogens is 433 g/mol. The van der Waals surface area contributed by atoms with Gasteiger partial charge >= 0.3 is 6.18 Å². The summed E-state index contributed by atoms with van der Waals surface area (Å²) < 4.78 is 42.9. The van der Waals surface area contributed by atoms with Gasteiger partial charge < -0.3 is 0 Å². The van der Waals surface area contributed by atoms with Crippen LogP contribution in [0.25, 0.3) is 0 Å². The zero-order valence-corrected chi connectivity index (χ0v) is 17.2. The zero-order valence-electron chi connectivity index (χ0n) is 16.5. The van der Waals surface area contributed by atoms with Crippen molar-refractivity contribution in [2.45, 2.75) is 51.4 Å². The summed E-state index contributed by atoms with van der Waals surface area (Å²) in [7, 11) is 0. The Morgan fingerprint density at radius 2 is 1.84 bits per heavy atom. The van der Waals surface area contributed by atoms with Crippen molar-refractivity contribution in [3.8, 4) is 0 Å². The molecular formula is C20H20ClF3N6O. The van der Waals surface area contributed by atoms with Gasteiger partial charge in [0.05, 0.1) is 6.54 Å². The number of hydrogen-bond acceptors (Lipinski definition) is 4. The van der Waals surface area contributed by atoms with Gasteiger partial charge in [0.15, 0.2) is 5.69 Å². The number of nitrogens with zero attached hydrogens (tertiary/aromatic N) is 5. The van der Waals surface area contributed by atoms with Crippen LogP contribution < -0.4 is 5.32 Å². The summed E-state index contributed by atoms with van der Waals surface area (Å²) in [6.45, 7) is 0.103. The van der Waals surface area contributed by atoms with Gasteiger partial charge in [0, 0.05) is 16.3 Å². The number of halogens is 4. The molecule has 0 spiro atoms. The molecule has 0 atom stereocenters. The van der Waals surface area contributed by atoms with Gasteiger partial charge in [-0.3, -0.25) is 14.8 Å². The Hall–Kier alpha value is -2.88. The maximum Gasteiger partial charge on any atom is 0.435 e. The van der Waals surface area contributed by atoms with Crippen LogP contribution in [0.4, 0.5) is 19.1 Å². The van der Waals surface area contributed by atoms with Gasteiger partial charge in [-0.05, 0) is 43.4 Å². The number of hydrogen-bond donors (Lipinski definition) is 1. The minimum atomic E-state index is -4.54. The van der Waals surface area contributed by atoms with E-state index in [0.29, 0.717) is 36.5 Å². The van der Waals surface area contributed by atoms with Crippen LogP contribution >= 0.6 is 11.6 Å². The predicted molar refractivity (Wildman–Crippen MR) is 108 cm³/mol. The quantitative estimate of drug-likeness (QED) is 0.591. The second-order valence-corrected chi connectivity index (χ2v) is 7.87. The van der Waals surface area contributed by atoms with Crippen LogP contribution in [-0.4, -0.2) is 30.5 Å². The van der Waals surface area contributed by atoms with Crippen molar-refractivity contribution >= 4 is 23.5 Å². The van der Waals surface area contributed by atoms with Gasteiger partial charge in [-0.15, -0.1) is 5.10 Å². The first kappa shape index (κ1) is 21.4. The lowest BCUT2D eigenvalue weighted by Crippen LogP contribution is -2.22. The number of carbonyl (C=O) groups is 1. The maximum absolute atomic E-state index is 13.4. The van der Waals surface area contributed by atoms with E-state index in [1.54, 1.807) is 16.8 Å². The fourth-order valence-corrected chi connectivity index (χ4v) is 3.84. The summed E-state index contributed by atoms with van der Waals surface area (Å²) in [5.41, 5.74) is 0.762. The van der Waals surface area contributed by atoms with Crippen LogP contribution in [0.1, 0.15) is 41.8 Å². The fourth-order valence-electron chi connectivity index (χ4n) is 3.71. The van der Waals surface area contributed by atoms with Gasteiger partial charge in [-0.25, -0.2) is 9.67 Å². The van der Waals surface area contributed by atoms with Crippen molar-refractivity contribution in [1.29, 1.82) is 0 Å². The van der Waals surface area contributed by atoms with Crippen LogP contribution in [0.5, 0.6) is 0 Å². The van der Waals surface area contributed by atoms with Gasteiger partial charge in [0.25, 0.3) is 0 Å². The number of nitrogens with one attached hydrogen (secondary N) is 1. The number of fused-ring (bicyclic) bond motifs is 1. The maximum atomic E-state index is 13.4. The highest BCUT2D eigenvalue weighted by molar-refractivity contribution is 6.30. The van der Waals surface area contributed by atoms with Crippen LogP contribution in [0.2, 0.25) is 5.02 Å². The van der Waals surface area contributed by atoms with Gasteiger partial charge in [-0.1, -0.05) is 30.2 Å². The molecule has 0 bridgehead atoms. The summed E-state index contributed by atoms with van der Waals surface area (Å²) >= 11 is 5.87. The molecule has 1 aliphatic rings. The van der Waals surface area contributed by atoms with E-state index in [-0.39, 0.29) is 18.1 Å². The molecule has 2 aromatic heterocycles. The van der Waals surface area contributed by atoms with E-state index in [1.807, 2.05) is 12.1 Å². The van der Waals surface area contributed by atoms with E-state index in [1.165, 1.54) is 11.0 Å². The second kappa shape index (κ2) is 8.70. The van der Waals surface area contributed by atoms with E-state index < -0.39 is 17.8 Å². The molecule has 1 N–H and O–H groups in total. The lowest BCUT2D eigenvalue weighted by Gasteiger charge is -2.07. The number of amides is 1. The molecule has 164 valence electrons. The van der Waals surface area contributed by atoms with Crippen LogP contribution in [0.3, 0.4) is 0 Å². The summed E-state index contributed by atoms with van der Waals surface area (Å²) in [4.78, 5) is 16.5. The van der Waals surface area contributed by atoms with Crippen LogP contribution in [0.15, 0.2) is 30.6 Å². The fraction of sp³-hybridized carbons (Fsp3) is 0.400. The van der Waals surface area contributed by atoms with E-state index in [2.05, 4.69) is 20.5 Å². The number of anilines is 1. The minimum Gasteiger partial charge on any atom is -0.292 e. The average molecular weight is 453 g/mol. The predicted octanol–water partition coefficient (Wildman–Crippen LogP) is 4.10. The molecule has 0 radical (unpaired) electrons. The molecule has 0 saturated carbocycles. The third-order valence-electron chi connectivity index (χ3n) is 5.11. The Kier molecular flexibility index (Phi) is 5.99. The molecule has 3 aromatic rings. The number of rotatable bonds is 5. The van der Waals surface area contributed by atoms with Crippen molar-refractivity contribution in [1.82, 2.24) is 24.5 Å². The Balaban J connectivity index is 1.45. The molecule has 0 unspecified atom stereocenters. The lowest BCUT2D eigenvalue weighted by molar-refractivity contribution is -0.142. The smallest absolute Gasteiger partial charge is 0.292 e. The first-order valence-corrected chi connectivity index (χ1v) is 10.3. The SMILES string of the molecule is O=C(Cn1nc(C(F)(F)F)c2c1CCCCC2)Nc1ncn(Cc2ccc(Cl)cc2)n1. The number of benzene rings is 1. The first-order valence-electron chi connectivity index (χ1n) is 9.89. The summed E-state index contributed by atoms with van der Waals surface area (Å²) in [5, 5.41) is 11.1. The monoisotopic (exact) mass is 452 g/mol. The van der Waals surface area contributed by atoms with Crippen LogP contribution in [-0.2, 0) is 36.9 Å².